The maximum atomic E-state index is 11.1. The Labute approximate surface area is 107 Å². The third-order valence-corrected chi connectivity index (χ3v) is 3.34. The van der Waals surface area contributed by atoms with Crippen molar-refractivity contribution in [3.8, 4) is 0 Å². The van der Waals surface area contributed by atoms with Crippen LogP contribution in [0.3, 0.4) is 0 Å². The molecule has 0 bridgehead atoms. The fourth-order valence-electron chi connectivity index (χ4n) is 0.983. The highest BCUT2D eigenvalue weighted by atomic mass is 35.5. The number of carbonyl (C=O) groups is 1. The molecule has 0 spiro atoms. The normalized spacial score (nSPS) is 11.3. The molecule has 0 fully saturated rings. The van der Waals surface area contributed by atoms with E-state index in [1.165, 1.54) is 24.0 Å². The van der Waals surface area contributed by atoms with Crippen molar-refractivity contribution in [3.05, 3.63) is 22.8 Å². The quantitative estimate of drug-likeness (QED) is 0.246. The van der Waals surface area contributed by atoms with Gasteiger partial charge in [0.25, 0.3) is 0 Å². The summed E-state index contributed by atoms with van der Waals surface area (Å²) in [4.78, 5) is 15.1. The van der Waals surface area contributed by atoms with Gasteiger partial charge in [-0.1, -0.05) is 28.5 Å². The van der Waals surface area contributed by atoms with Crippen LogP contribution in [0.15, 0.2) is 22.4 Å². The Morgan fingerprint density at radius 2 is 2.47 bits per heavy atom. The number of nitrogens with one attached hydrogen (secondary N) is 1. The molecule has 0 aromatic carbocycles. The van der Waals surface area contributed by atoms with E-state index < -0.39 is 0 Å². The molecular formula is C9H11ClN4O2S. The summed E-state index contributed by atoms with van der Waals surface area (Å²) >= 11 is 7.20. The fraction of sp³-hybridized carbons (Fsp3) is 0.222. The SMILES string of the molecule is CNC(=O)CSc1nccc(/C(N)=N/O)c1Cl. The summed E-state index contributed by atoms with van der Waals surface area (Å²) in [6.45, 7) is 0. The molecule has 0 aliphatic carbocycles. The first-order valence-electron chi connectivity index (χ1n) is 4.56. The summed E-state index contributed by atoms with van der Waals surface area (Å²) in [5.74, 6) is -0.0377. The number of oxime groups is 1. The van der Waals surface area contributed by atoms with Gasteiger partial charge in [-0.25, -0.2) is 4.98 Å². The van der Waals surface area contributed by atoms with E-state index in [2.05, 4.69) is 15.5 Å². The van der Waals surface area contributed by atoms with Crippen LogP contribution in [0.4, 0.5) is 0 Å². The number of nitrogens with zero attached hydrogens (tertiary/aromatic N) is 2. The number of carbonyl (C=O) groups excluding carboxylic acids is 1. The molecule has 4 N–H and O–H groups in total. The van der Waals surface area contributed by atoms with E-state index in [-0.39, 0.29) is 22.5 Å². The number of amidine groups is 1. The number of pyridine rings is 1. The van der Waals surface area contributed by atoms with Crippen molar-refractivity contribution >= 4 is 35.1 Å². The maximum Gasteiger partial charge on any atom is 0.230 e. The zero-order chi connectivity index (χ0) is 12.8. The first-order chi connectivity index (χ1) is 8.10. The molecule has 0 aliphatic rings. The minimum Gasteiger partial charge on any atom is -0.409 e. The van der Waals surface area contributed by atoms with E-state index in [4.69, 9.17) is 22.5 Å². The van der Waals surface area contributed by atoms with Crippen molar-refractivity contribution in [1.29, 1.82) is 0 Å². The third kappa shape index (κ3) is 3.50. The summed E-state index contributed by atoms with van der Waals surface area (Å²) in [6, 6.07) is 1.53. The number of hydrogen-bond donors (Lipinski definition) is 3. The molecule has 92 valence electrons. The minimum absolute atomic E-state index is 0.0980. The van der Waals surface area contributed by atoms with Crippen LogP contribution in [0.2, 0.25) is 5.02 Å². The van der Waals surface area contributed by atoms with E-state index in [0.29, 0.717) is 10.6 Å². The smallest absolute Gasteiger partial charge is 0.230 e. The number of thioether (sulfide) groups is 1. The zero-order valence-electron chi connectivity index (χ0n) is 8.98. The van der Waals surface area contributed by atoms with Crippen LogP contribution in [-0.2, 0) is 4.79 Å². The summed E-state index contributed by atoms with van der Waals surface area (Å²) in [5.41, 5.74) is 5.82. The Kier molecular flexibility index (Phi) is 5.05. The first-order valence-corrected chi connectivity index (χ1v) is 5.92. The van der Waals surface area contributed by atoms with E-state index in [0.717, 1.165) is 0 Å². The molecule has 1 amide bonds. The van der Waals surface area contributed by atoms with Gasteiger partial charge in [0, 0.05) is 18.8 Å². The van der Waals surface area contributed by atoms with Gasteiger partial charge < -0.3 is 16.3 Å². The van der Waals surface area contributed by atoms with E-state index in [1.54, 1.807) is 7.05 Å². The van der Waals surface area contributed by atoms with E-state index in [1.807, 2.05) is 0 Å². The fourth-order valence-corrected chi connectivity index (χ4v) is 2.14. The standard InChI is InChI=1S/C9H11ClN4O2S/c1-12-6(15)4-17-9-7(10)5(2-3-13-9)8(11)14-16/h2-3,16H,4H2,1H3,(H2,11,14)(H,12,15). The van der Waals surface area contributed by atoms with Gasteiger partial charge in [0.1, 0.15) is 5.03 Å². The van der Waals surface area contributed by atoms with Gasteiger partial charge in [-0.2, -0.15) is 0 Å². The Hall–Kier alpha value is -1.47. The van der Waals surface area contributed by atoms with Crippen molar-refractivity contribution in [1.82, 2.24) is 10.3 Å². The van der Waals surface area contributed by atoms with Crippen LogP contribution in [0.1, 0.15) is 5.56 Å². The average Bonchev–Trinajstić information content (AvgIpc) is 2.36. The van der Waals surface area contributed by atoms with Gasteiger partial charge in [0.05, 0.1) is 10.8 Å². The molecule has 1 heterocycles. The summed E-state index contributed by atoms with van der Waals surface area (Å²) in [5, 5.41) is 14.6. The van der Waals surface area contributed by atoms with Crippen molar-refractivity contribution in [2.75, 3.05) is 12.8 Å². The first kappa shape index (κ1) is 13.6. The Balaban J connectivity index is 2.91. The maximum absolute atomic E-state index is 11.1. The van der Waals surface area contributed by atoms with Gasteiger partial charge in [0.2, 0.25) is 5.91 Å². The minimum atomic E-state index is -0.137. The highest BCUT2D eigenvalue weighted by Gasteiger charge is 2.12. The van der Waals surface area contributed by atoms with E-state index >= 15 is 0 Å². The molecule has 0 radical (unpaired) electrons. The largest absolute Gasteiger partial charge is 0.409 e. The number of nitrogens with two attached hydrogens (primary N) is 1. The molecule has 0 unspecified atom stereocenters. The van der Waals surface area contributed by atoms with Crippen LogP contribution in [0.25, 0.3) is 0 Å². The highest BCUT2D eigenvalue weighted by molar-refractivity contribution is 8.00. The Morgan fingerprint density at radius 1 is 1.76 bits per heavy atom. The van der Waals surface area contributed by atoms with Gasteiger partial charge in [0.15, 0.2) is 5.84 Å². The second-order valence-corrected chi connectivity index (χ2v) is 4.27. The number of halogens is 1. The van der Waals surface area contributed by atoms with Crippen molar-refractivity contribution < 1.29 is 10.0 Å². The monoisotopic (exact) mass is 274 g/mol. The molecular weight excluding hydrogens is 264 g/mol. The lowest BCUT2D eigenvalue weighted by Gasteiger charge is -2.06. The molecule has 1 aromatic rings. The van der Waals surface area contributed by atoms with Crippen LogP contribution >= 0.6 is 23.4 Å². The number of rotatable bonds is 4. The van der Waals surface area contributed by atoms with Crippen molar-refractivity contribution in [2.24, 2.45) is 10.9 Å². The Bertz CT molecular complexity index is 453. The molecule has 1 aromatic heterocycles. The van der Waals surface area contributed by atoms with Gasteiger partial charge >= 0.3 is 0 Å². The summed E-state index contributed by atoms with van der Waals surface area (Å²) < 4.78 is 0. The average molecular weight is 275 g/mol. The molecule has 1 rings (SSSR count). The molecule has 17 heavy (non-hydrogen) atoms. The van der Waals surface area contributed by atoms with Crippen molar-refractivity contribution in [3.63, 3.8) is 0 Å². The molecule has 6 nitrogen and oxygen atoms in total. The predicted molar refractivity (Wildman–Crippen MR) is 66.5 cm³/mol. The number of hydrogen-bond acceptors (Lipinski definition) is 5. The number of aromatic nitrogens is 1. The van der Waals surface area contributed by atoms with Crippen LogP contribution < -0.4 is 11.1 Å². The third-order valence-electron chi connectivity index (χ3n) is 1.86. The van der Waals surface area contributed by atoms with Gasteiger partial charge in [-0.05, 0) is 6.07 Å². The van der Waals surface area contributed by atoms with Crippen molar-refractivity contribution in [2.45, 2.75) is 5.03 Å². The second-order valence-electron chi connectivity index (χ2n) is 2.92. The lowest BCUT2D eigenvalue weighted by Crippen LogP contribution is -2.20. The van der Waals surface area contributed by atoms with Gasteiger partial charge in [-0.3, -0.25) is 4.79 Å². The van der Waals surface area contributed by atoms with Crippen LogP contribution in [0.5, 0.6) is 0 Å². The molecule has 0 saturated heterocycles. The van der Waals surface area contributed by atoms with Crippen LogP contribution in [0, 0.1) is 0 Å². The highest BCUT2D eigenvalue weighted by Crippen LogP contribution is 2.27. The molecule has 0 saturated carbocycles. The Morgan fingerprint density at radius 3 is 3.06 bits per heavy atom. The molecule has 8 heteroatoms. The van der Waals surface area contributed by atoms with Crippen LogP contribution in [-0.4, -0.2) is 34.7 Å². The molecule has 0 aliphatic heterocycles. The van der Waals surface area contributed by atoms with E-state index in [9.17, 15) is 4.79 Å². The summed E-state index contributed by atoms with van der Waals surface area (Å²) in [7, 11) is 1.55. The lowest BCUT2D eigenvalue weighted by molar-refractivity contribution is -0.118. The summed E-state index contributed by atoms with van der Waals surface area (Å²) in [6.07, 6.45) is 1.48. The zero-order valence-corrected chi connectivity index (χ0v) is 10.5. The predicted octanol–water partition coefficient (Wildman–Crippen LogP) is 0.668. The van der Waals surface area contributed by atoms with Gasteiger partial charge in [-0.15, -0.1) is 0 Å². The topological polar surface area (TPSA) is 101 Å². The second kappa shape index (κ2) is 6.31. The lowest BCUT2D eigenvalue weighted by atomic mass is 10.2. The molecule has 0 atom stereocenters. The number of amides is 1.